The van der Waals surface area contributed by atoms with Crippen LogP contribution in [0.5, 0.6) is 0 Å². The van der Waals surface area contributed by atoms with Gasteiger partial charge >= 0.3 is 5.97 Å². The number of carbonyl (C=O) groups is 1. The first-order valence-electron chi connectivity index (χ1n) is 14.1. The van der Waals surface area contributed by atoms with Crippen LogP contribution in [-0.4, -0.2) is 44.7 Å². The van der Waals surface area contributed by atoms with E-state index in [1.807, 2.05) is 0 Å². The summed E-state index contributed by atoms with van der Waals surface area (Å²) in [6, 6.07) is 0. The van der Waals surface area contributed by atoms with Crippen LogP contribution in [0.1, 0.15) is 135 Å². The van der Waals surface area contributed by atoms with Crippen LogP contribution in [0.4, 0.5) is 0 Å². The molecule has 0 fully saturated rings. The van der Waals surface area contributed by atoms with Crippen molar-refractivity contribution < 1.29 is 14.0 Å². The zero-order chi connectivity index (χ0) is 23.8. The second-order valence-corrected chi connectivity index (χ2v) is 10.7. The van der Waals surface area contributed by atoms with Crippen LogP contribution in [0.15, 0.2) is 12.2 Å². The Morgan fingerprint density at radius 3 is 1.47 bits per heavy atom. The highest BCUT2D eigenvalue weighted by molar-refractivity contribution is 5.69. The van der Waals surface area contributed by atoms with E-state index in [0.29, 0.717) is 13.0 Å². The molecule has 190 valence electrons. The number of carbonyl (C=O) groups excluding carboxylic acids is 1. The number of allylic oxidation sites excluding steroid dienone is 2. The summed E-state index contributed by atoms with van der Waals surface area (Å²) >= 11 is 0. The van der Waals surface area contributed by atoms with Crippen LogP contribution in [0.2, 0.25) is 0 Å². The quantitative estimate of drug-likeness (QED) is 0.0634. The molecule has 0 N–H and O–H groups in total. The average molecular weight is 453 g/mol. The van der Waals surface area contributed by atoms with Gasteiger partial charge in [0, 0.05) is 6.42 Å². The van der Waals surface area contributed by atoms with Crippen molar-refractivity contribution in [1.82, 2.24) is 0 Å². The molecule has 0 unspecified atom stereocenters. The molecule has 0 saturated heterocycles. The highest BCUT2D eigenvalue weighted by Gasteiger charge is 2.09. The maximum atomic E-state index is 11.7. The molecule has 0 amide bonds. The summed E-state index contributed by atoms with van der Waals surface area (Å²) in [4.78, 5) is 11.7. The van der Waals surface area contributed by atoms with Crippen molar-refractivity contribution in [3.63, 3.8) is 0 Å². The van der Waals surface area contributed by atoms with Gasteiger partial charge in [0.05, 0.1) is 21.1 Å². The van der Waals surface area contributed by atoms with Gasteiger partial charge in [-0.25, -0.2) is 0 Å². The molecule has 0 aliphatic carbocycles. The summed E-state index contributed by atoms with van der Waals surface area (Å²) in [5.41, 5.74) is 0. The monoisotopic (exact) mass is 452 g/mol. The van der Waals surface area contributed by atoms with E-state index in [1.54, 1.807) is 0 Å². The lowest BCUT2D eigenvalue weighted by Crippen LogP contribution is -2.37. The maximum absolute atomic E-state index is 11.7. The molecule has 3 heteroatoms. The zero-order valence-corrected chi connectivity index (χ0v) is 22.5. The maximum Gasteiger partial charge on any atom is 0.305 e. The third-order valence-electron chi connectivity index (χ3n) is 6.17. The van der Waals surface area contributed by atoms with Gasteiger partial charge in [0.2, 0.25) is 0 Å². The molecule has 0 atom stereocenters. The Labute approximate surface area is 202 Å². The van der Waals surface area contributed by atoms with Crippen LogP contribution in [-0.2, 0) is 9.53 Å². The minimum absolute atomic E-state index is 0.0215. The van der Waals surface area contributed by atoms with Crippen LogP contribution >= 0.6 is 0 Å². The molecule has 0 heterocycles. The molecular weight excluding hydrogens is 394 g/mol. The number of ether oxygens (including phenoxy) is 1. The molecule has 0 aliphatic rings. The standard InChI is InChI=1S/C29H58NO2/c1-5-6-7-8-9-10-11-12-13-14-15-16-17-18-19-20-21-22-23-24-25-26-29(31)32-28-27-30(2,3)4/h12-13H,5-11,14-28H2,1-4H3/q+1. The first-order valence-corrected chi connectivity index (χ1v) is 14.1. The second-order valence-electron chi connectivity index (χ2n) is 10.7. The van der Waals surface area contributed by atoms with Gasteiger partial charge < -0.3 is 9.22 Å². The summed E-state index contributed by atoms with van der Waals surface area (Å²) in [6.07, 6.45) is 30.8. The second kappa shape index (κ2) is 23.3. The van der Waals surface area contributed by atoms with Gasteiger partial charge in [-0.2, -0.15) is 0 Å². The Kier molecular flexibility index (Phi) is 22.7. The topological polar surface area (TPSA) is 26.3 Å². The van der Waals surface area contributed by atoms with Crippen molar-refractivity contribution in [2.45, 2.75) is 135 Å². The van der Waals surface area contributed by atoms with Crippen LogP contribution in [0, 0.1) is 0 Å². The van der Waals surface area contributed by atoms with Gasteiger partial charge in [-0.05, 0) is 32.1 Å². The van der Waals surface area contributed by atoms with E-state index in [2.05, 4.69) is 40.2 Å². The molecule has 0 aromatic heterocycles. The lowest BCUT2D eigenvalue weighted by atomic mass is 10.0. The van der Waals surface area contributed by atoms with Crippen LogP contribution in [0.25, 0.3) is 0 Å². The molecule has 0 aromatic rings. The van der Waals surface area contributed by atoms with Gasteiger partial charge in [-0.1, -0.05) is 109 Å². The van der Waals surface area contributed by atoms with E-state index in [1.165, 1.54) is 109 Å². The molecule has 0 aliphatic heterocycles. The highest BCUT2D eigenvalue weighted by Crippen LogP contribution is 2.13. The number of hydrogen-bond donors (Lipinski definition) is 0. The van der Waals surface area contributed by atoms with E-state index < -0.39 is 0 Å². The molecule has 0 saturated carbocycles. The lowest BCUT2D eigenvalue weighted by molar-refractivity contribution is -0.870. The minimum Gasteiger partial charge on any atom is -0.460 e. The Morgan fingerprint density at radius 1 is 0.625 bits per heavy atom. The molecule has 0 radical (unpaired) electrons. The molecule has 3 nitrogen and oxygen atoms in total. The predicted octanol–water partition coefficient (Wildman–Crippen LogP) is 8.61. The normalized spacial score (nSPS) is 12.0. The van der Waals surface area contributed by atoms with Gasteiger partial charge in [-0.15, -0.1) is 0 Å². The zero-order valence-electron chi connectivity index (χ0n) is 22.5. The molecule has 0 aromatic carbocycles. The number of nitrogens with zero attached hydrogens (tertiary/aromatic N) is 1. The third-order valence-corrected chi connectivity index (χ3v) is 6.17. The summed E-state index contributed by atoms with van der Waals surface area (Å²) < 4.78 is 6.14. The van der Waals surface area contributed by atoms with Crippen molar-refractivity contribution in [2.24, 2.45) is 0 Å². The number of likely N-dealkylation sites (N-methyl/N-ethyl adjacent to an activating group) is 1. The molecule has 0 bridgehead atoms. The predicted molar refractivity (Wildman–Crippen MR) is 141 cm³/mol. The molecule has 0 spiro atoms. The van der Waals surface area contributed by atoms with Gasteiger partial charge in [-0.3, -0.25) is 4.79 Å². The number of quaternary nitrogens is 1. The van der Waals surface area contributed by atoms with E-state index in [4.69, 9.17) is 4.74 Å². The summed E-state index contributed by atoms with van der Waals surface area (Å²) in [7, 11) is 6.35. The fraction of sp³-hybridized carbons (Fsp3) is 0.897. The van der Waals surface area contributed by atoms with Crippen molar-refractivity contribution in [3.8, 4) is 0 Å². The van der Waals surface area contributed by atoms with Crippen molar-refractivity contribution in [3.05, 3.63) is 12.2 Å². The average Bonchev–Trinajstić information content (AvgIpc) is 2.74. The van der Waals surface area contributed by atoms with Crippen molar-refractivity contribution >= 4 is 5.97 Å². The largest absolute Gasteiger partial charge is 0.460 e. The smallest absolute Gasteiger partial charge is 0.305 e. The first-order chi connectivity index (χ1) is 15.5. The summed E-state index contributed by atoms with van der Waals surface area (Å²) in [6.45, 7) is 3.70. The fourth-order valence-corrected chi connectivity index (χ4v) is 3.91. The summed E-state index contributed by atoms with van der Waals surface area (Å²) in [5.74, 6) is -0.0215. The van der Waals surface area contributed by atoms with Gasteiger partial charge in [0.15, 0.2) is 0 Å². The van der Waals surface area contributed by atoms with E-state index in [9.17, 15) is 4.79 Å². The third kappa shape index (κ3) is 27.2. The number of hydrogen-bond acceptors (Lipinski definition) is 2. The lowest BCUT2D eigenvalue weighted by Gasteiger charge is -2.23. The Morgan fingerprint density at radius 2 is 1.03 bits per heavy atom. The van der Waals surface area contributed by atoms with Gasteiger partial charge in [0.1, 0.15) is 13.2 Å². The Balaban J connectivity index is 3.19. The molecular formula is C29H58NO2+. The number of unbranched alkanes of at least 4 members (excludes halogenated alkanes) is 17. The van der Waals surface area contributed by atoms with E-state index in [-0.39, 0.29) is 5.97 Å². The van der Waals surface area contributed by atoms with Crippen LogP contribution in [0.3, 0.4) is 0 Å². The minimum atomic E-state index is -0.0215. The Bertz CT molecular complexity index is 425. The molecule has 0 rings (SSSR count). The number of rotatable bonds is 24. The molecule has 32 heavy (non-hydrogen) atoms. The number of esters is 1. The SMILES string of the molecule is CCCCCCCCC=CCCCCCCCCCCCCCC(=O)OCC[N+](C)(C)C. The van der Waals surface area contributed by atoms with Crippen molar-refractivity contribution in [1.29, 1.82) is 0 Å². The van der Waals surface area contributed by atoms with E-state index >= 15 is 0 Å². The van der Waals surface area contributed by atoms with Gasteiger partial charge in [0.25, 0.3) is 0 Å². The van der Waals surface area contributed by atoms with Crippen molar-refractivity contribution in [2.75, 3.05) is 34.3 Å². The highest BCUT2D eigenvalue weighted by atomic mass is 16.5. The van der Waals surface area contributed by atoms with Crippen LogP contribution < -0.4 is 0 Å². The Hall–Kier alpha value is -0.830. The van der Waals surface area contributed by atoms with E-state index in [0.717, 1.165) is 23.9 Å². The first kappa shape index (κ1) is 31.2. The fourth-order valence-electron chi connectivity index (χ4n) is 3.91. The summed E-state index contributed by atoms with van der Waals surface area (Å²) in [5, 5.41) is 0.